The molecular weight excluding hydrogens is 335 g/mol. The maximum absolute atomic E-state index is 13.3. The van der Waals surface area contributed by atoms with Crippen molar-refractivity contribution < 1.29 is 18.1 Å². The third-order valence-corrected chi connectivity index (χ3v) is 4.75. The molecule has 0 fully saturated rings. The molecule has 0 unspecified atom stereocenters. The zero-order valence-electron chi connectivity index (χ0n) is 13.9. The average Bonchev–Trinajstić information content (AvgIpc) is 2.63. The minimum atomic E-state index is -3.92. The van der Waals surface area contributed by atoms with Crippen molar-refractivity contribution in [1.29, 1.82) is 0 Å². The molecule has 3 rings (SSSR count). The highest BCUT2D eigenvalue weighted by molar-refractivity contribution is 7.49. The van der Waals surface area contributed by atoms with Gasteiger partial charge < -0.3 is 13.6 Å². The van der Waals surface area contributed by atoms with E-state index in [4.69, 9.17) is 13.6 Å². The highest BCUT2D eigenvalue weighted by Crippen LogP contribution is 2.49. The van der Waals surface area contributed by atoms with Crippen LogP contribution in [0, 0.1) is 0 Å². The Bertz CT molecular complexity index is 804. The minimum absolute atomic E-state index is 0.411. The molecule has 0 N–H and O–H groups in total. The summed E-state index contributed by atoms with van der Waals surface area (Å²) in [7, 11) is -3.92. The first-order chi connectivity index (χ1) is 12.2. The smallest absolute Gasteiger partial charge is 0.386 e. The van der Waals surface area contributed by atoms with E-state index in [2.05, 4.69) is 0 Å². The number of para-hydroxylation sites is 2. The molecule has 0 amide bonds. The summed E-state index contributed by atoms with van der Waals surface area (Å²) in [6.07, 6.45) is 0.848. The zero-order valence-corrected chi connectivity index (χ0v) is 14.8. The van der Waals surface area contributed by atoms with E-state index in [1.165, 1.54) is 0 Å². The summed E-state index contributed by atoms with van der Waals surface area (Å²) in [4.78, 5) is 0. The Morgan fingerprint density at radius 1 is 0.680 bits per heavy atom. The van der Waals surface area contributed by atoms with E-state index >= 15 is 0 Å². The first kappa shape index (κ1) is 17.1. The second kappa shape index (κ2) is 7.91. The lowest BCUT2D eigenvalue weighted by Crippen LogP contribution is -2.07. The van der Waals surface area contributed by atoms with Crippen LogP contribution in [0.15, 0.2) is 84.9 Å². The van der Waals surface area contributed by atoms with E-state index in [0.29, 0.717) is 17.2 Å². The molecule has 25 heavy (non-hydrogen) atoms. The molecule has 0 atom stereocenters. The van der Waals surface area contributed by atoms with Crippen LogP contribution < -0.4 is 13.6 Å². The molecule has 0 bridgehead atoms. The lowest BCUT2D eigenvalue weighted by atomic mass is 10.2. The van der Waals surface area contributed by atoms with Gasteiger partial charge in [0.2, 0.25) is 0 Å². The first-order valence-electron chi connectivity index (χ1n) is 8.05. The number of rotatable bonds is 7. The van der Waals surface area contributed by atoms with Crippen molar-refractivity contribution in [2.75, 3.05) is 0 Å². The maximum atomic E-state index is 13.3. The van der Waals surface area contributed by atoms with Crippen LogP contribution >= 0.6 is 7.82 Å². The molecule has 3 aromatic rings. The number of phosphoric ester groups is 1. The van der Waals surface area contributed by atoms with Crippen LogP contribution in [0.5, 0.6) is 17.2 Å². The molecule has 0 aromatic heterocycles. The van der Waals surface area contributed by atoms with E-state index in [-0.39, 0.29) is 0 Å². The fourth-order valence-electron chi connectivity index (χ4n) is 2.23. The van der Waals surface area contributed by atoms with Crippen LogP contribution in [-0.4, -0.2) is 0 Å². The molecule has 0 heterocycles. The van der Waals surface area contributed by atoms with Gasteiger partial charge in [-0.3, -0.25) is 0 Å². The Morgan fingerprint density at radius 2 is 1.16 bits per heavy atom. The molecule has 128 valence electrons. The predicted octanol–water partition coefficient (Wildman–Crippen LogP) is 5.89. The van der Waals surface area contributed by atoms with Gasteiger partial charge in [-0.15, -0.1) is 0 Å². The molecule has 0 saturated carbocycles. The summed E-state index contributed by atoms with van der Waals surface area (Å²) in [6, 6.07) is 25.1. The molecule has 0 aliphatic carbocycles. The van der Waals surface area contributed by atoms with Crippen molar-refractivity contribution in [3.8, 4) is 17.2 Å². The average molecular weight is 354 g/mol. The third-order valence-electron chi connectivity index (χ3n) is 3.44. The van der Waals surface area contributed by atoms with Gasteiger partial charge in [-0.2, -0.15) is 4.57 Å². The van der Waals surface area contributed by atoms with Crippen LogP contribution in [0.3, 0.4) is 0 Å². The number of hydrogen-bond acceptors (Lipinski definition) is 4. The topological polar surface area (TPSA) is 44.8 Å². The van der Waals surface area contributed by atoms with E-state index in [1.54, 1.807) is 54.6 Å². The normalized spacial score (nSPS) is 10.9. The van der Waals surface area contributed by atoms with E-state index in [9.17, 15) is 4.57 Å². The van der Waals surface area contributed by atoms with Crippen molar-refractivity contribution >= 4 is 7.82 Å². The van der Waals surface area contributed by atoms with E-state index in [1.807, 2.05) is 37.3 Å². The summed E-state index contributed by atoms with van der Waals surface area (Å²) in [5, 5.41) is 0. The van der Waals surface area contributed by atoms with Gasteiger partial charge in [0.1, 0.15) is 17.2 Å². The molecular formula is C20H19O4P. The SMILES string of the molecule is CCc1cccc(OP(=O)(Oc2ccccc2)Oc2ccccc2)c1. The van der Waals surface area contributed by atoms with Crippen molar-refractivity contribution in [2.45, 2.75) is 13.3 Å². The largest absolute Gasteiger partial charge is 0.647 e. The summed E-state index contributed by atoms with van der Waals surface area (Å²) in [5.74, 6) is 1.26. The Morgan fingerprint density at radius 3 is 1.68 bits per heavy atom. The highest BCUT2D eigenvalue weighted by Gasteiger charge is 2.33. The molecule has 3 aromatic carbocycles. The van der Waals surface area contributed by atoms with Crippen molar-refractivity contribution in [2.24, 2.45) is 0 Å². The summed E-state index contributed by atoms with van der Waals surface area (Å²) in [6.45, 7) is 2.04. The molecule has 5 heteroatoms. The first-order valence-corrected chi connectivity index (χ1v) is 9.51. The molecule has 0 spiro atoms. The molecule has 0 saturated heterocycles. The van der Waals surface area contributed by atoms with Gasteiger partial charge in [0, 0.05) is 0 Å². The fraction of sp³-hybridized carbons (Fsp3) is 0.100. The standard InChI is InChI=1S/C20H19O4P/c1-2-17-10-9-15-20(16-17)24-25(21,22-18-11-5-3-6-12-18)23-19-13-7-4-8-14-19/h3-16H,2H2,1H3. The van der Waals surface area contributed by atoms with Crippen LogP contribution in [0.25, 0.3) is 0 Å². The summed E-state index contributed by atoms with van der Waals surface area (Å²) >= 11 is 0. The van der Waals surface area contributed by atoms with Crippen LogP contribution in [0.4, 0.5) is 0 Å². The Labute approximate surface area is 147 Å². The van der Waals surface area contributed by atoms with Crippen molar-refractivity contribution in [3.05, 3.63) is 90.5 Å². The summed E-state index contributed by atoms with van der Waals surface area (Å²) < 4.78 is 30.1. The van der Waals surface area contributed by atoms with E-state index < -0.39 is 7.82 Å². The second-order valence-corrected chi connectivity index (χ2v) is 6.79. The summed E-state index contributed by atoms with van der Waals surface area (Å²) in [5.41, 5.74) is 1.07. The molecule has 0 aliphatic heterocycles. The number of aryl methyl sites for hydroxylation is 1. The highest BCUT2D eigenvalue weighted by atomic mass is 31.2. The van der Waals surface area contributed by atoms with Crippen LogP contribution in [-0.2, 0) is 11.0 Å². The Kier molecular flexibility index (Phi) is 5.42. The molecule has 0 aliphatic rings. The van der Waals surface area contributed by atoms with Crippen molar-refractivity contribution in [1.82, 2.24) is 0 Å². The fourth-order valence-corrected chi connectivity index (χ4v) is 3.47. The monoisotopic (exact) mass is 354 g/mol. The van der Waals surface area contributed by atoms with Crippen molar-refractivity contribution in [3.63, 3.8) is 0 Å². The van der Waals surface area contributed by atoms with Crippen LogP contribution in [0.2, 0.25) is 0 Å². The molecule has 0 radical (unpaired) electrons. The van der Waals surface area contributed by atoms with Gasteiger partial charge in [0.25, 0.3) is 0 Å². The van der Waals surface area contributed by atoms with Gasteiger partial charge in [-0.25, -0.2) is 0 Å². The number of hydrogen-bond donors (Lipinski definition) is 0. The van der Waals surface area contributed by atoms with Gasteiger partial charge >= 0.3 is 7.82 Å². The minimum Gasteiger partial charge on any atom is -0.386 e. The van der Waals surface area contributed by atoms with Gasteiger partial charge in [0.15, 0.2) is 0 Å². The van der Waals surface area contributed by atoms with Gasteiger partial charge in [0.05, 0.1) is 0 Å². The van der Waals surface area contributed by atoms with Crippen LogP contribution in [0.1, 0.15) is 12.5 Å². The lowest BCUT2D eigenvalue weighted by Gasteiger charge is -2.19. The number of phosphoric acid groups is 1. The Balaban J connectivity index is 1.88. The zero-order chi connectivity index (χ0) is 17.5. The van der Waals surface area contributed by atoms with Gasteiger partial charge in [-0.05, 0) is 48.4 Å². The van der Waals surface area contributed by atoms with Gasteiger partial charge in [-0.1, -0.05) is 55.5 Å². The quantitative estimate of drug-likeness (QED) is 0.496. The van der Waals surface area contributed by atoms with E-state index in [0.717, 1.165) is 12.0 Å². The lowest BCUT2D eigenvalue weighted by molar-refractivity contribution is 0.298. The molecule has 4 nitrogen and oxygen atoms in total. The third kappa shape index (κ3) is 4.88. The Hall–Kier alpha value is -2.71. The maximum Gasteiger partial charge on any atom is 0.647 e. The second-order valence-electron chi connectivity index (χ2n) is 5.35. The number of benzene rings is 3. The predicted molar refractivity (Wildman–Crippen MR) is 98.2 cm³/mol.